The molecular weight excluding hydrogens is 232 g/mol. The van der Waals surface area contributed by atoms with E-state index in [-0.39, 0.29) is 5.84 Å². The molecule has 0 radical (unpaired) electrons. The number of nitrogens with two attached hydrogens (primary N) is 1. The minimum Gasteiger partial charge on any atom is -0.384 e. The van der Waals surface area contributed by atoms with Crippen molar-refractivity contribution in [1.82, 2.24) is 0 Å². The fraction of sp³-hybridized carbons (Fsp3) is 0. The first kappa shape index (κ1) is 12.8. The molecule has 94 valence electrons. The van der Waals surface area contributed by atoms with Crippen LogP contribution >= 0.6 is 0 Å². The highest BCUT2D eigenvalue weighted by Crippen LogP contribution is 2.10. The predicted molar refractivity (Wildman–Crippen MR) is 82.0 cm³/mol. The van der Waals surface area contributed by atoms with Crippen LogP contribution in [-0.2, 0) is 0 Å². The van der Waals surface area contributed by atoms with Crippen LogP contribution in [0.4, 0.5) is 0 Å². The Kier molecular flexibility index (Phi) is 4.29. The number of hydrogen-bond acceptors (Lipinski definition) is 1. The van der Waals surface area contributed by atoms with Crippen LogP contribution in [0.15, 0.2) is 66.7 Å². The lowest BCUT2D eigenvalue weighted by molar-refractivity contribution is 1.42. The number of nitrogens with one attached hydrogen (secondary N) is 1. The van der Waals surface area contributed by atoms with E-state index in [1.807, 2.05) is 78.9 Å². The monoisotopic (exact) mass is 248 g/mol. The van der Waals surface area contributed by atoms with Crippen molar-refractivity contribution in [2.75, 3.05) is 0 Å². The van der Waals surface area contributed by atoms with Crippen molar-refractivity contribution in [3.8, 4) is 0 Å². The topological polar surface area (TPSA) is 49.9 Å². The van der Waals surface area contributed by atoms with Gasteiger partial charge in [0.05, 0.1) is 0 Å². The van der Waals surface area contributed by atoms with Crippen LogP contribution in [0.1, 0.15) is 16.7 Å². The summed E-state index contributed by atoms with van der Waals surface area (Å²) in [7, 11) is 0. The molecule has 2 aromatic rings. The summed E-state index contributed by atoms with van der Waals surface area (Å²) in [4.78, 5) is 0. The van der Waals surface area contributed by atoms with Crippen LogP contribution in [0.25, 0.3) is 12.2 Å². The van der Waals surface area contributed by atoms with Crippen molar-refractivity contribution in [3.63, 3.8) is 0 Å². The average Bonchev–Trinajstić information content (AvgIpc) is 2.45. The fourth-order valence-electron chi connectivity index (χ4n) is 1.78. The predicted octanol–water partition coefficient (Wildman–Crippen LogP) is 3.70. The van der Waals surface area contributed by atoms with E-state index in [4.69, 9.17) is 11.1 Å². The van der Waals surface area contributed by atoms with Crippen LogP contribution in [-0.4, -0.2) is 5.84 Å². The first-order valence-corrected chi connectivity index (χ1v) is 6.10. The van der Waals surface area contributed by atoms with E-state index < -0.39 is 0 Å². The van der Waals surface area contributed by atoms with Gasteiger partial charge in [-0.15, -0.1) is 0 Å². The van der Waals surface area contributed by atoms with Gasteiger partial charge in [0.25, 0.3) is 0 Å². The van der Waals surface area contributed by atoms with E-state index in [0.717, 1.165) is 16.7 Å². The molecule has 3 N–H and O–H groups in total. The molecule has 0 saturated carbocycles. The summed E-state index contributed by atoms with van der Waals surface area (Å²) in [5.74, 6) is 0.0901. The Morgan fingerprint density at radius 1 is 0.842 bits per heavy atom. The Balaban J connectivity index is 2.12. The molecule has 0 aliphatic rings. The molecule has 2 rings (SSSR count). The highest BCUT2D eigenvalue weighted by atomic mass is 14.7. The second-order valence-corrected chi connectivity index (χ2v) is 4.13. The van der Waals surface area contributed by atoms with Crippen LogP contribution in [0.5, 0.6) is 0 Å². The van der Waals surface area contributed by atoms with Crippen LogP contribution in [0, 0.1) is 5.41 Å². The molecule has 2 aromatic carbocycles. The van der Waals surface area contributed by atoms with Crippen molar-refractivity contribution in [1.29, 1.82) is 5.41 Å². The maximum atomic E-state index is 7.52. The lowest BCUT2D eigenvalue weighted by atomic mass is 10.1. The molecule has 0 saturated heterocycles. The smallest absolute Gasteiger partial charge is 0.123 e. The molecule has 0 spiro atoms. The first-order valence-electron chi connectivity index (χ1n) is 6.10. The Bertz CT molecular complexity index is 610. The molecule has 2 heteroatoms. The van der Waals surface area contributed by atoms with E-state index in [0.29, 0.717) is 0 Å². The third-order valence-electron chi connectivity index (χ3n) is 2.73. The summed E-state index contributed by atoms with van der Waals surface area (Å²) in [6, 6.07) is 17.7. The van der Waals surface area contributed by atoms with Gasteiger partial charge in [0.2, 0.25) is 0 Å². The molecular formula is C17H16N2. The zero-order chi connectivity index (χ0) is 13.5. The molecule has 0 fully saturated rings. The van der Waals surface area contributed by atoms with Gasteiger partial charge in [-0.1, -0.05) is 78.9 Å². The Morgan fingerprint density at radius 2 is 1.47 bits per heavy atom. The maximum absolute atomic E-state index is 7.52. The molecule has 2 nitrogen and oxygen atoms in total. The summed E-state index contributed by atoms with van der Waals surface area (Å²) >= 11 is 0. The maximum Gasteiger partial charge on any atom is 0.123 e. The summed E-state index contributed by atoms with van der Waals surface area (Å²) < 4.78 is 0. The van der Waals surface area contributed by atoms with Gasteiger partial charge in [-0.25, -0.2) is 0 Å². The second kappa shape index (κ2) is 6.36. The largest absolute Gasteiger partial charge is 0.384 e. The molecule has 0 bridgehead atoms. The number of allylic oxidation sites excluding steroid dienone is 2. The number of nitrogen functional groups attached to an aromatic ring is 1. The normalized spacial score (nSPS) is 11.2. The van der Waals surface area contributed by atoms with E-state index in [1.54, 1.807) is 0 Å². The van der Waals surface area contributed by atoms with Gasteiger partial charge < -0.3 is 5.73 Å². The van der Waals surface area contributed by atoms with Crippen molar-refractivity contribution in [2.24, 2.45) is 5.73 Å². The van der Waals surface area contributed by atoms with Crippen LogP contribution in [0.3, 0.4) is 0 Å². The highest BCUT2D eigenvalue weighted by molar-refractivity contribution is 5.98. The van der Waals surface area contributed by atoms with Crippen molar-refractivity contribution in [2.45, 2.75) is 0 Å². The van der Waals surface area contributed by atoms with E-state index in [1.165, 1.54) is 0 Å². The van der Waals surface area contributed by atoms with Crippen LogP contribution in [0.2, 0.25) is 0 Å². The van der Waals surface area contributed by atoms with E-state index in [2.05, 4.69) is 0 Å². The summed E-state index contributed by atoms with van der Waals surface area (Å²) in [6.45, 7) is 0. The third-order valence-corrected chi connectivity index (χ3v) is 2.73. The van der Waals surface area contributed by atoms with Crippen molar-refractivity contribution >= 4 is 18.0 Å². The molecule has 0 unspecified atom stereocenters. The zero-order valence-electron chi connectivity index (χ0n) is 10.6. The molecule has 0 heterocycles. The fourth-order valence-corrected chi connectivity index (χ4v) is 1.78. The molecule has 0 aliphatic heterocycles. The summed E-state index contributed by atoms with van der Waals surface area (Å²) in [5.41, 5.74) is 8.41. The number of benzene rings is 2. The SMILES string of the molecule is N=C(N)c1ccccc1/C=C/C=C/c1ccccc1. The first-order chi connectivity index (χ1) is 9.27. The van der Waals surface area contributed by atoms with Crippen molar-refractivity contribution in [3.05, 3.63) is 83.4 Å². The second-order valence-electron chi connectivity index (χ2n) is 4.13. The van der Waals surface area contributed by atoms with Gasteiger partial charge in [0.1, 0.15) is 5.84 Å². The minimum absolute atomic E-state index is 0.0901. The Morgan fingerprint density at radius 3 is 2.21 bits per heavy atom. The quantitative estimate of drug-likeness (QED) is 0.484. The Labute approximate surface area is 113 Å². The van der Waals surface area contributed by atoms with E-state index >= 15 is 0 Å². The van der Waals surface area contributed by atoms with E-state index in [9.17, 15) is 0 Å². The molecule has 0 aliphatic carbocycles. The van der Waals surface area contributed by atoms with Gasteiger partial charge >= 0.3 is 0 Å². The number of amidine groups is 1. The Hall–Kier alpha value is -2.61. The molecule has 0 aromatic heterocycles. The van der Waals surface area contributed by atoms with Gasteiger partial charge in [0, 0.05) is 5.56 Å². The average molecular weight is 248 g/mol. The highest BCUT2D eigenvalue weighted by Gasteiger charge is 1.99. The summed E-state index contributed by atoms with van der Waals surface area (Å²) in [5, 5.41) is 7.52. The molecule has 19 heavy (non-hydrogen) atoms. The molecule has 0 atom stereocenters. The summed E-state index contributed by atoms with van der Waals surface area (Å²) in [6.07, 6.45) is 7.92. The molecule has 0 amide bonds. The van der Waals surface area contributed by atoms with Gasteiger partial charge in [-0.2, -0.15) is 0 Å². The number of rotatable bonds is 4. The standard InChI is InChI=1S/C17H16N2/c18-17(19)16-13-7-6-12-15(16)11-5-4-10-14-8-2-1-3-9-14/h1-13H,(H3,18,19)/b10-4+,11-5+. The van der Waals surface area contributed by atoms with Gasteiger partial charge in [-0.05, 0) is 11.1 Å². The van der Waals surface area contributed by atoms with Crippen LogP contribution < -0.4 is 5.73 Å². The van der Waals surface area contributed by atoms with Gasteiger partial charge in [0.15, 0.2) is 0 Å². The minimum atomic E-state index is 0.0901. The third kappa shape index (κ3) is 3.68. The zero-order valence-corrected chi connectivity index (χ0v) is 10.6. The number of hydrogen-bond donors (Lipinski definition) is 2. The van der Waals surface area contributed by atoms with Gasteiger partial charge in [-0.3, -0.25) is 5.41 Å². The lowest BCUT2D eigenvalue weighted by Crippen LogP contribution is -2.12. The lowest BCUT2D eigenvalue weighted by Gasteiger charge is -2.02. The van der Waals surface area contributed by atoms with Crippen molar-refractivity contribution < 1.29 is 0 Å².